The lowest BCUT2D eigenvalue weighted by Crippen LogP contribution is -2.05. The Hall–Kier alpha value is -2.36. The number of aromatic nitrogens is 1. The van der Waals surface area contributed by atoms with Crippen molar-refractivity contribution >= 4 is 11.7 Å². The average molecular weight is 270 g/mol. The van der Waals surface area contributed by atoms with Crippen LogP contribution in [0.15, 0.2) is 42.6 Å². The summed E-state index contributed by atoms with van der Waals surface area (Å²) >= 11 is 0. The maximum absolute atomic E-state index is 10.8. The van der Waals surface area contributed by atoms with E-state index in [0.717, 1.165) is 24.2 Å². The molecule has 4 heteroatoms. The molecule has 0 atom stereocenters. The molecule has 1 heterocycles. The number of carboxylic acid groups (broad SMARTS) is 1. The van der Waals surface area contributed by atoms with E-state index < -0.39 is 5.97 Å². The van der Waals surface area contributed by atoms with Gasteiger partial charge >= 0.3 is 5.97 Å². The Kier molecular flexibility index (Phi) is 4.71. The summed E-state index contributed by atoms with van der Waals surface area (Å²) in [5, 5.41) is 12.2. The molecule has 1 aromatic heterocycles. The number of rotatable bonds is 6. The molecule has 0 saturated carbocycles. The van der Waals surface area contributed by atoms with Crippen molar-refractivity contribution in [3.8, 4) is 0 Å². The number of pyridine rings is 1. The van der Waals surface area contributed by atoms with E-state index in [9.17, 15) is 4.79 Å². The molecular weight excluding hydrogens is 252 g/mol. The fraction of sp³-hybridized carbons (Fsp3) is 0.250. The van der Waals surface area contributed by atoms with Crippen LogP contribution >= 0.6 is 0 Å². The first-order valence-electron chi connectivity index (χ1n) is 6.70. The maximum Gasteiger partial charge on any atom is 0.337 e. The van der Waals surface area contributed by atoms with Gasteiger partial charge in [-0.3, -0.25) is 4.98 Å². The molecule has 0 unspecified atom stereocenters. The van der Waals surface area contributed by atoms with Crippen molar-refractivity contribution in [2.75, 3.05) is 5.32 Å². The number of anilines is 1. The first-order valence-corrected chi connectivity index (χ1v) is 6.70. The van der Waals surface area contributed by atoms with Crippen molar-refractivity contribution in [1.82, 2.24) is 4.98 Å². The minimum absolute atomic E-state index is 0.208. The molecule has 20 heavy (non-hydrogen) atoms. The number of hydrogen-bond donors (Lipinski definition) is 2. The molecule has 2 rings (SSSR count). The van der Waals surface area contributed by atoms with Crippen LogP contribution in [0, 0.1) is 0 Å². The first kappa shape index (κ1) is 14.1. The van der Waals surface area contributed by atoms with Gasteiger partial charge in [0.15, 0.2) is 0 Å². The van der Waals surface area contributed by atoms with Crippen LogP contribution in [-0.4, -0.2) is 16.1 Å². The molecule has 2 aromatic rings. The molecule has 0 amide bonds. The highest BCUT2D eigenvalue weighted by Gasteiger charge is 2.04. The van der Waals surface area contributed by atoms with Crippen LogP contribution in [0.5, 0.6) is 0 Å². The molecule has 1 aromatic carbocycles. The summed E-state index contributed by atoms with van der Waals surface area (Å²) < 4.78 is 0. The fourth-order valence-electron chi connectivity index (χ4n) is 2.02. The number of carbonyl (C=O) groups is 1. The van der Waals surface area contributed by atoms with E-state index in [1.807, 2.05) is 12.1 Å². The maximum atomic E-state index is 10.8. The smallest absolute Gasteiger partial charge is 0.337 e. The van der Waals surface area contributed by atoms with E-state index in [2.05, 4.69) is 29.4 Å². The highest BCUT2D eigenvalue weighted by Crippen LogP contribution is 2.17. The standard InChI is InChI=1S/C16H18N2O2/c1-2-5-12-6-3-4-7-15(12)18-11-14-9-8-13(10-17-14)16(19)20/h3-4,6-10,18H,2,5,11H2,1H3,(H,19,20). The summed E-state index contributed by atoms with van der Waals surface area (Å²) in [6.07, 6.45) is 3.52. The van der Waals surface area contributed by atoms with Crippen molar-refractivity contribution in [3.63, 3.8) is 0 Å². The van der Waals surface area contributed by atoms with Crippen LogP contribution in [0.3, 0.4) is 0 Å². The summed E-state index contributed by atoms with van der Waals surface area (Å²) in [7, 11) is 0. The van der Waals surface area contributed by atoms with E-state index in [1.165, 1.54) is 11.8 Å². The highest BCUT2D eigenvalue weighted by atomic mass is 16.4. The third kappa shape index (κ3) is 3.57. The molecule has 0 aliphatic heterocycles. The summed E-state index contributed by atoms with van der Waals surface area (Å²) in [5.41, 5.74) is 3.43. The van der Waals surface area contributed by atoms with Crippen LogP contribution < -0.4 is 5.32 Å². The molecule has 104 valence electrons. The van der Waals surface area contributed by atoms with Gasteiger partial charge in [0.05, 0.1) is 17.8 Å². The number of para-hydroxylation sites is 1. The lowest BCUT2D eigenvalue weighted by Gasteiger charge is -2.11. The Bertz CT molecular complexity index is 579. The first-order chi connectivity index (χ1) is 9.70. The molecule has 4 nitrogen and oxygen atoms in total. The highest BCUT2D eigenvalue weighted by molar-refractivity contribution is 5.87. The second kappa shape index (κ2) is 6.70. The van der Waals surface area contributed by atoms with Crippen molar-refractivity contribution in [2.24, 2.45) is 0 Å². The topological polar surface area (TPSA) is 62.2 Å². The van der Waals surface area contributed by atoms with Gasteiger partial charge in [-0.25, -0.2) is 4.79 Å². The second-order valence-corrected chi connectivity index (χ2v) is 4.60. The zero-order valence-electron chi connectivity index (χ0n) is 11.5. The van der Waals surface area contributed by atoms with Gasteiger partial charge < -0.3 is 10.4 Å². The second-order valence-electron chi connectivity index (χ2n) is 4.60. The third-order valence-corrected chi connectivity index (χ3v) is 3.07. The van der Waals surface area contributed by atoms with Gasteiger partial charge in [-0.05, 0) is 30.2 Å². The summed E-state index contributed by atoms with van der Waals surface area (Å²) in [5.74, 6) is -0.953. The Balaban J connectivity index is 2.03. The minimum Gasteiger partial charge on any atom is -0.478 e. The molecule has 0 saturated heterocycles. The predicted octanol–water partition coefficient (Wildman–Crippen LogP) is 3.34. The zero-order valence-corrected chi connectivity index (χ0v) is 11.5. The molecule has 0 radical (unpaired) electrons. The van der Waals surface area contributed by atoms with Gasteiger partial charge in [0.1, 0.15) is 0 Å². The van der Waals surface area contributed by atoms with Crippen LogP contribution in [0.2, 0.25) is 0 Å². The molecule has 0 aliphatic carbocycles. The van der Waals surface area contributed by atoms with Crippen LogP contribution in [0.25, 0.3) is 0 Å². The normalized spacial score (nSPS) is 10.2. The number of hydrogen-bond acceptors (Lipinski definition) is 3. The summed E-state index contributed by atoms with van der Waals surface area (Å²) in [4.78, 5) is 14.9. The number of aromatic carboxylic acids is 1. The number of nitrogens with zero attached hydrogens (tertiary/aromatic N) is 1. The monoisotopic (exact) mass is 270 g/mol. The van der Waals surface area contributed by atoms with Crippen molar-refractivity contribution in [3.05, 3.63) is 59.4 Å². The molecule has 2 N–H and O–H groups in total. The number of carboxylic acids is 1. The number of nitrogens with one attached hydrogen (secondary N) is 1. The molecule has 0 spiro atoms. The molecular formula is C16H18N2O2. The lowest BCUT2D eigenvalue weighted by atomic mass is 10.1. The van der Waals surface area contributed by atoms with Crippen LogP contribution in [-0.2, 0) is 13.0 Å². The van der Waals surface area contributed by atoms with Gasteiger partial charge in [-0.2, -0.15) is 0 Å². The van der Waals surface area contributed by atoms with Gasteiger partial charge in [-0.1, -0.05) is 31.5 Å². The zero-order chi connectivity index (χ0) is 14.4. The van der Waals surface area contributed by atoms with E-state index in [4.69, 9.17) is 5.11 Å². The Morgan fingerprint density at radius 1 is 1.25 bits per heavy atom. The van der Waals surface area contributed by atoms with Crippen molar-refractivity contribution in [1.29, 1.82) is 0 Å². The Labute approximate surface area is 118 Å². The van der Waals surface area contributed by atoms with E-state index in [1.54, 1.807) is 12.1 Å². The van der Waals surface area contributed by atoms with E-state index in [0.29, 0.717) is 6.54 Å². The number of aryl methyl sites for hydroxylation is 1. The Morgan fingerprint density at radius 3 is 2.70 bits per heavy atom. The van der Waals surface area contributed by atoms with Gasteiger partial charge in [0.2, 0.25) is 0 Å². The molecule has 0 bridgehead atoms. The van der Waals surface area contributed by atoms with Crippen LogP contribution in [0.4, 0.5) is 5.69 Å². The molecule has 0 aliphatic rings. The van der Waals surface area contributed by atoms with Gasteiger partial charge in [-0.15, -0.1) is 0 Å². The Morgan fingerprint density at radius 2 is 2.05 bits per heavy atom. The summed E-state index contributed by atoms with van der Waals surface area (Å²) in [6, 6.07) is 11.5. The van der Waals surface area contributed by atoms with E-state index >= 15 is 0 Å². The van der Waals surface area contributed by atoms with Gasteiger partial charge in [0, 0.05) is 11.9 Å². The van der Waals surface area contributed by atoms with Crippen molar-refractivity contribution in [2.45, 2.75) is 26.3 Å². The average Bonchev–Trinajstić information content (AvgIpc) is 2.47. The SMILES string of the molecule is CCCc1ccccc1NCc1ccc(C(=O)O)cn1. The molecule has 0 fully saturated rings. The quantitative estimate of drug-likeness (QED) is 0.845. The van der Waals surface area contributed by atoms with Crippen LogP contribution in [0.1, 0.15) is 35.0 Å². The minimum atomic E-state index is -0.953. The van der Waals surface area contributed by atoms with Crippen molar-refractivity contribution < 1.29 is 9.90 Å². The summed E-state index contributed by atoms with van der Waals surface area (Å²) in [6.45, 7) is 2.74. The third-order valence-electron chi connectivity index (χ3n) is 3.07. The largest absolute Gasteiger partial charge is 0.478 e. The lowest BCUT2D eigenvalue weighted by molar-refractivity contribution is 0.0696. The predicted molar refractivity (Wildman–Crippen MR) is 79.0 cm³/mol. The van der Waals surface area contributed by atoms with Gasteiger partial charge in [0.25, 0.3) is 0 Å². The fourth-order valence-corrected chi connectivity index (χ4v) is 2.02. The van der Waals surface area contributed by atoms with E-state index in [-0.39, 0.29) is 5.56 Å². The number of benzene rings is 1.